The largest absolute Gasteiger partial charge is 0.483 e. The minimum Gasteiger partial charge on any atom is -0.483 e. The number of hydrogen-bond donors (Lipinski definition) is 4. The number of aryl methyl sites for hydroxylation is 3. The third kappa shape index (κ3) is 15.2. The number of nitrogens with zero attached hydrogens (tertiary/aromatic N) is 5. The summed E-state index contributed by atoms with van der Waals surface area (Å²) in [6, 6.07) is 11.8. The van der Waals surface area contributed by atoms with Crippen molar-refractivity contribution >= 4 is 47.3 Å². The molecular formula is C48H63N9O12S. The summed E-state index contributed by atoms with van der Waals surface area (Å²) in [4.78, 5) is 112. The van der Waals surface area contributed by atoms with Crippen molar-refractivity contribution < 1.29 is 47.7 Å². The fourth-order valence-corrected chi connectivity index (χ4v) is 9.23. The van der Waals surface area contributed by atoms with Gasteiger partial charge in [-0.05, 0) is 90.5 Å². The Morgan fingerprint density at radius 3 is 2.33 bits per heavy atom. The molecule has 2 fully saturated rings. The van der Waals surface area contributed by atoms with Crippen LogP contribution >= 0.6 is 11.8 Å². The summed E-state index contributed by atoms with van der Waals surface area (Å²) in [6.07, 6.45) is -2.59. The van der Waals surface area contributed by atoms with Crippen molar-refractivity contribution in [2.24, 2.45) is 5.11 Å². The molecule has 70 heavy (non-hydrogen) atoms. The zero-order chi connectivity index (χ0) is 51.3. The lowest BCUT2D eigenvalue weighted by molar-refractivity contribution is -0.164. The molecule has 2 saturated heterocycles. The SMILES string of the molecule is Cc1cccc(C)c1OCC(=O)N[C@@H](Cc1ccccc1)[C@H](OC(=O)CCCC(=O)NCCC(=O)OC[C@H]1O[C@@H](n2cc(C)c(=O)[nH]c2=O)C[C@@H]1N=[N+]=[N-])C(=O)N1CSC(C)(C)[C@H]1C(=O)NC(C)(C)C. The van der Waals surface area contributed by atoms with Crippen LogP contribution in [-0.2, 0) is 49.4 Å². The summed E-state index contributed by atoms with van der Waals surface area (Å²) < 4.78 is 23.6. The molecule has 0 spiro atoms. The summed E-state index contributed by atoms with van der Waals surface area (Å²) in [5, 5.41) is 12.2. The van der Waals surface area contributed by atoms with Crippen molar-refractivity contribution in [1.29, 1.82) is 0 Å². The first-order chi connectivity index (χ1) is 33.1. The molecule has 3 heterocycles. The second kappa shape index (κ2) is 24.3. The number of esters is 2. The van der Waals surface area contributed by atoms with Crippen molar-refractivity contribution in [3.63, 3.8) is 0 Å². The highest BCUT2D eigenvalue weighted by Crippen LogP contribution is 2.40. The van der Waals surface area contributed by atoms with Crippen LogP contribution < -0.4 is 31.9 Å². The Bertz CT molecular complexity index is 2530. The molecule has 4 amide bonds. The van der Waals surface area contributed by atoms with E-state index in [0.29, 0.717) is 5.75 Å². The molecule has 1 aromatic heterocycles. The molecule has 5 rings (SSSR count). The number of nitrogens with one attached hydrogen (secondary N) is 4. The van der Waals surface area contributed by atoms with Crippen molar-refractivity contribution in [2.45, 2.75) is 141 Å². The minimum atomic E-state index is -1.60. The lowest BCUT2D eigenvalue weighted by Crippen LogP contribution is -2.61. The Labute approximate surface area is 409 Å². The minimum absolute atomic E-state index is 0.00252. The van der Waals surface area contributed by atoms with E-state index in [1.54, 1.807) is 12.1 Å². The number of ether oxygens (including phenoxy) is 4. The number of azide groups is 1. The highest BCUT2D eigenvalue weighted by atomic mass is 32.2. The molecule has 0 unspecified atom stereocenters. The molecule has 0 saturated carbocycles. The smallest absolute Gasteiger partial charge is 0.330 e. The number of carbonyl (C=O) groups excluding carboxylic acids is 6. The molecule has 6 atom stereocenters. The Kier molecular flexibility index (Phi) is 18.8. The first kappa shape index (κ1) is 54.3. The summed E-state index contributed by atoms with van der Waals surface area (Å²) in [6.45, 7) is 13.6. The molecular weight excluding hydrogens is 927 g/mol. The van der Waals surface area contributed by atoms with Crippen LogP contribution in [0.25, 0.3) is 10.4 Å². The molecule has 2 aliphatic heterocycles. The lowest BCUT2D eigenvalue weighted by Gasteiger charge is -2.36. The third-order valence-corrected chi connectivity index (χ3v) is 12.9. The summed E-state index contributed by atoms with van der Waals surface area (Å²) >= 11 is 1.39. The Hall–Kier alpha value is -6.64. The van der Waals surface area contributed by atoms with Gasteiger partial charge in [-0.25, -0.2) is 4.79 Å². The maximum atomic E-state index is 14.9. The number of aromatic nitrogens is 2. The van der Waals surface area contributed by atoms with Crippen LogP contribution in [0.4, 0.5) is 0 Å². The van der Waals surface area contributed by atoms with Gasteiger partial charge in [-0.2, -0.15) is 0 Å². The predicted molar refractivity (Wildman–Crippen MR) is 258 cm³/mol. The Morgan fingerprint density at radius 2 is 1.66 bits per heavy atom. The van der Waals surface area contributed by atoms with Crippen molar-refractivity contribution in [1.82, 2.24) is 30.4 Å². The first-order valence-electron chi connectivity index (χ1n) is 23.0. The second-order valence-electron chi connectivity index (χ2n) is 18.9. The zero-order valence-electron chi connectivity index (χ0n) is 40.8. The molecule has 21 nitrogen and oxygen atoms in total. The number of amides is 4. The van der Waals surface area contributed by atoms with Gasteiger partial charge in [-0.3, -0.25) is 43.1 Å². The first-order valence-corrected chi connectivity index (χ1v) is 24.0. The molecule has 2 aromatic carbocycles. The van der Waals surface area contributed by atoms with Gasteiger partial charge in [0.25, 0.3) is 17.4 Å². The van der Waals surface area contributed by atoms with E-state index in [2.05, 4.69) is 31.0 Å². The van der Waals surface area contributed by atoms with Gasteiger partial charge >= 0.3 is 17.6 Å². The van der Waals surface area contributed by atoms with E-state index >= 15 is 0 Å². The van der Waals surface area contributed by atoms with Crippen molar-refractivity contribution in [3.8, 4) is 5.75 Å². The molecule has 0 aliphatic carbocycles. The average Bonchev–Trinajstić information content (AvgIpc) is 3.84. The average molecular weight is 990 g/mol. The molecule has 3 aromatic rings. The van der Waals surface area contributed by atoms with Gasteiger partial charge in [0.15, 0.2) is 6.61 Å². The van der Waals surface area contributed by atoms with Crippen molar-refractivity contribution in [2.75, 3.05) is 25.6 Å². The van der Waals surface area contributed by atoms with E-state index in [-0.39, 0.29) is 69.0 Å². The highest BCUT2D eigenvalue weighted by Gasteiger charge is 2.51. The maximum Gasteiger partial charge on any atom is 0.330 e. The van der Waals surface area contributed by atoms with Crippen LogP contribution in [0, 0.1) is 20.8 Å². The van der Waals surface area contributed by atoms with Gasteiger partial charge in [-0.1, -0.05) is 53.6 Å². The number of hydrogen-bond acceptors (Lipinski definition) is 14. The number of thioether (sulfide) groups is 1. The standard InChI is InChI=1S/C48H63N9O12S/c1-28-14-12-15-29(2)40(28)67-26-36(59)51-33(22-31-16-10-9-11-17-31)41(45(64)57-27-70-48(7,8)42(57)44(63)53-47(4,5)6)69-39(61)19-13-18-35(58)50-21-20-38(60)66-25-34-32(54-55-49)23-37(68-34)56-24-30(3)43(62)52-46(56)65/h9-12,14-17,24,32-34,37,41-42H,13,18-23,25-27H2,1-8H3,(H,50,58)(H,51,59)(H,53,63)(H,52,62,65)/t32-,33-,34+,37+,41-,42+/m0/s1. The Balaban J connectivity index is 1.22. The topological polar surface area (TPSA) is 282 Å². The summed E-state index contributed by atoms with van der Waals surface area (Å²) in [5.74, 6) is -3.03. The van der Waals surface area contributed by atoms with Gasteiger partial charge in [-0.15, -0.1) is 11.8 Å². The normalized spacial score (nSPS) is 19.2. The predicted octanol–water partition coefficient (Wildman–Crippen LogP) is 3.96. The van der Waals surface area contributed by atoms with Crippen LogP contribution in [0.2, 0.25) is 0 Å². The summed E-state index contributed by atoms with van der Waals surface area (Å²) in [7, 11) is 0. The quantitative estimate of drug-likeness (QED) is 0.0510. The fraction of sp³-hybridized carbons (Fsp3) is 0.542. The van der Waals surface area contributed by atoms with Crippen LogP contribution in [0.3, 0.4) is 0 Å². The fourth-order valence-electron chi connectivity index (χ4n) is 8.09. The molecule has 378 valence electrons. The van der Waals surface area contributed by atoms with E-state index in [1.807, 2.05) is 84.9 Å². The third-order valence-electron chi connectivity index (χ3n) is 11.5. The van der Waals surface area contributed by atoms with Gasteiger partial charge in [0.2, 0.25) is 17.9 Å². The number of aromatic amines is 1. The zero-order valence-corrected chi connectivity index (χ0v) is 41.6. The van der Waals surface area contributed by atoms with E-state index in [9.17, 15) is 38.4 Å². The van der Waals surface area contributed by atoms with E-state index in [4.69, 9.17) is 24.5 Å². The van der Waals surface area contributed by atoms with Crippen LogP contribution in [0.5, 0.6) is 5.75 Å². The van der Waals surface area contributed by atoms with Crippen LogP contribution in [0.15, 0.2) is 69.4 Å². The maximum absolute atomic E-state index is 14.9. The van der Waals surface area contributed by atoms with Gasteiger partial charge in [0, 0.05) is 52.8 Å². The van der Waals surface area contributed by atoms with Gasteiger partial charge < -0.3 is 39.8 Å². The van der Waals surface area contributed by atoms with E-state index in [0.717, 1.165) is 16.7 Å². The van der Waals surface area contributed by atoms with Gasteiger partial charge in [0.05, 0.1) is 24.4 Å². The Morgan fingerprint density at radius 1 is 0.957 bits per heavy atom. The van der Waals surface area contributed by atoms with Gasteiger partial charge in [0.1, 0.15) is 30.7 Å². The number of carbonyl (C=O) groups is 6. The molecule has 0 radical (unpaired) electrons. The molecule has 0 bridgehead atoms. The summed E-state index contributed by atoms with van der Waals surface area (Å²) in [5.41, 5.74) is 9.82. The molecule has 22 heteroatoms. The highest BCUT2D eigenvalue weighted by molar-refractivity contribution is 8.00. The molecule has 2 aliphatic rings. The monoisotopic (exact) mass is 989 g/mol. The lowest BCUT2D eigenvalue weighted by atomic mass is 9.96. The van der Waals surface area contributed by atoms with E-state index in [1.165, 1.54) is 34.3 Å². The van der Waals surface area contributed by atoms with E-state index < -0.39 is 94.4 Å². The number of para-hydroxylation sites is 1. The second-order valence-corrected chi connectivity index (χ2v) is 20.5. The number of H-pyrrole nitrogens is 1. The van der Waals surface area contributed by atoms with Crippen LogP contribution in [0.1, 0.15) is 95.2 Å². The molecule has 4 N–H and O–H groups in total. The van der Waals surface area contributed by atoms with Crippen molar-refractivity contribution in [3.05, 3.63) is 108 Å². The number of rotatable bonds is 21. The number of benzene rings is 2. The van der Waals surface area contributed by atoms with Crippen LogP contribution in [-0.4, -0.2) is 116 Å².